The van der Waals surface area contributed by atoms with Gasteiger partial charge in [0.1, 0.15) is 17.9 Å². The summed E-state index contributed by atoms with van der Waals surface area (Å²) < 4.78 is 38.5. The van der Waals surface area contributed by atoms with Crippen molar-refractivity contribution in [2.75, 3.05) is 18.4 Å². The van der Waals surface area contributed by atoms with Crippen LogP contribution in [-0.4, -0.2) is 44.5 Å². The zero-order valence-electron chi connectivity index (χ0n) is 11.1. The predicted molar refractivity (Wildman–Crippen MR) is 69.4 cm³/mol. The van der Waals surface area contributed by atoms with Gasteiger partial charge in [0.25, 0.3) is 10.1 Å². The molecular weight excluding hydrogens is 296 g/mol. The maximum Gasteiger partial charge on any atom is 0.302 e. The van der Waals surface area contributed by atoms with Crippen molar-refractivity contribution in [3.63, 3.8) is 0 Å². The molecule has 0 aromatic rings. The van der Waals surface area contributed by atoms with Gasteiger partial charge in [0.15, 0.2) is 0 Å². The van der Waals surface area contributed by atoms with Gasteiger partial charge >= 0.3 is 5.97 Å². The molecule has 19 heavy (non-hydrogen) atoms. The number of hydrogen-bond acceptors (Lipinski definition) is 6. The molecule has 0 spiro atoms. The second-order valence-electron chi connectivity index (χ2n) is 4.67. The molecule has 1 heterocycles. The Morgan fingerprint density at radius 1 is 1.47 bits per heavy atom. The van der Waals surface area contributed by atoms with Crippen LogP contribution in [0, 0.1) is 0 Å². The Kier molecular flexibility index (Phi) is 6.04. The van der Waals surface area contributed by atoms with E-state index in [1.54, 1.807) is 6.92 Å². The van der Waals surface area contributed by atoms with E-state index in [4.69, 9.17) is 25.3 Å². The summed E-state index contributed by atoms with van der Waals surface area (Å²) in [6.45, 7) is 3.35. The topological polar surface area (TPSA) is 78.9 Å². The van der Waals surface area contributed by atoms with Gasteiger partial charge in [-0.2, -0.15) is 8.42 Å². The summed E-state index contributed by atoms with van der Waals surface area (Å²) in [7, 11) is -3.86. The largest absolute Gasteiger partial charge is 0.463 e. The highest BCUT2D eigenvalue weighted by atomic mass is 35.5. The third-order valence-corrected chi connectivity index (χ3v) is 4.61. The van der Waals surface area contributed by atoms with Crippen LogP contribution >= 0.6 is 11.6 Å². The minimum absolute atomic E-state index is 0.179. The number of carbonyl (C=O) groups excluding carboxylic acids is 1. The molecule has 2 atom stereocenters. The molecule has 0 aromatic heterocycles. The normalized spacial score (nSPS) is 25.8. The smallest absolute Gasteiger partial charge is 0.302 e. The summed E-state index contributed by atoms with van der Waals surface area (Å²) in [5, 5.41) is -0.653. The van der Waals surface area contributed by atoms with Crippen LogP contribution < -0.4 is 0 Å². The Hall–Kier alpha value is -0.370. The van der Waals surface area contributed by atoms with E-state index in [0.717, 1.165) is 12.8 Å². The van der Waals surface area contributed by atoms with Crippen LogP contribution in [0.15, 0.2) is 0 Å². The Bertz CT molecular complexity index is 401. The van der Waals surface area contributed by atoms with Gasteiger partial charge in [-0.15, -0.1) is 11.6 Å². The Balaban J connectivity index is 2.81. The summed E-state index contributed by atoms with van der Waals surface area (Å²) >= 11 is 5.32. The third-order valence-electron chi connectivity index (χ3n) is 3.01. The van der Waals surface area contributed by atoms with Crippen LogP contribution in [-0.2, 0) is 28.6 Å². The van der Waals surface area contributed by atoms with E-state index in [1.807, 2.05) is 0 Å². The summed E-state index contributed by atoms with van der Waals surface area (Å²) in [6, 6.07) is 0. The van der Waals surface area contributed by atoms with Crippen molar-refractivity contribution >= 4 is 27.7 Å². The van der Waals surface area contributed by atoms with Gasteiger partial charge < -0.3 is 9.47 Å². The van der Waals surface area contributed by atoms with Crippen molar-refractivity contribution in [3.05, 3.63) is 0 Å². The second kappa shape index (κ2) is 6.88. The fourth-order valence-corrected chi connectivity index (χ4v) is 2.73. The average molecular weight is 315 g/mol. The lowest BCUT2D eigenvalue weighted by molar-refractivity contribution is -0.160. The average Bonchev–Trinajstić information content (AvgIpc) is 2.35. The standard InChI is InChI=1S/C11H19ClO6S/c1-9(13)16-7-10(18-19(14,15)8-12)11(2)5-3-4-6-17-11/h10H,3-8H2,1-2H3/t10-,11+/m1/s1. The van der Waals surface area contributed by atoms with E-state index < -0.39 is 33.0 Å². The molecule has 0 bridgehead atoms. The first-order chi connectivity index (χ1) is 8.79. The monoisotopic (exact) mass is 314 g/mol. The zero-order chi connectivity index (χ0) is 14.5. The van der Waals surface area contributed by atoms with Crippen LogP contribution in [0.5, 0.6) is 0 Å². The molecule has 0 radical (unpaired) electrons. The first-order valence-corrected chi connectivity index (χ1v) is 8.14. The zero-order valence-corrected chi connectivity index (χ0v) is 12.6. The van der Waals surface area contributed by atoms with Gasteiger partial charge in [0, 0.05) is 13.5 Å². The molecule has 8 heteroatoms. The van der Waals surface area contributed by atoms with Gasteiger partial charge in [-0.05, 0) is 26.2 Å². The van der Waals surface area contributed by atoms with E-state index in [9.17, 15) is 13.2 Å². The molecule has 0 N–H and O–H groups in total. The number of rotatable bonds is 6. The molecule has 0 saturated carbocycles. The first-order valence-electron chi connectivity index (χ1n) is 6.03. The fourth-order valence-electron chi connectivity index (χ4n) is 1.91. The number of esters is 1. The maximum absolute atomic E-state index is 11.5. The Morgan fingerprint density at radius 3 is 2.63 bits per heavy atom. The number of hydrogen-bond donors (Lipinski definition) is 0. The highest BCUT2D eigenvalue weighted by Gasteiger charge is 2.41. The molecule has 0 aromatic carbocycles. The Labute approximate surface area is 118 Å². The van der Waals surface area contributed by atoms with Gasteiger partial charge in [-0.3, -0.25) is 8.98 Å². The van der Waals surface area contributed by atoms with E-state index in [1.165, 1.54) is 6.92 Å². The highest BCUT2D eigenvalue weighted by Crippen LogP contribution is 2.31. The minimum Gasteiger partial charge on any atom is -0.463 e. The van der Waals surface area contributed by atoms with Crippen LogP contribution in [0.25, 0.3) is 0 Å². The van der Waals surface area contributed by atoms with Gasteiger partial charge in [-0.1, -0.05) is 0 Å². The molecule has 1 saturated heterocycles. The molecule has 1 aliphatic heterocycles. The van der Waals surface area contributed by atoms with Crippen LogP contribution in [0.4, 0.5) is 0 Å². The predicted octanol–water partition coefficient (Wildman–Crippen LogP) is 1.42. The third kappa shape index (κ3) is 5.25. The lowest BCUT2D eigenvalue weighted by Gasteiger charge is -2.39. The van der Waals surface area contributed by atoms with Gasteiger partial charge in [-0.25, -0.2) is 0 Å². The van der Waals surface area contributed by atoms with E-state index >= 15 is 0 Å². The van der Waals surface area contributed by atoms with Crippen molar-refractivity contribution in [3.8, 4) is 0 Å². The summed E-state index contributed by atoms with van der Waals surface area (Å²) in [5.74, 6) is -0.503. The summed E-state index contributed by atoms with van der Waals surface area (Å²) in [4.78, 5) is 10.9. The Morgan fingerprint density at radius 2 is 2.16 bits per heavy atom. The SMILES string of the molecule is CC(=O)OC[C@@H](OS(=O)(=O)CCl)[C@]1(C)CCCCO1. The lowest BCUT2D eigenvalue weighted by Crippen LogP contribution is -2.49. The number of carbonyl (C=O) groups is 1. The molecule has 1 rings (SSSR count). The molecule has 112 valence electrons. The van der Waals surface area contributed by atoms with E-state index in [2.05, 4.69) is 0 Å². The fraction of sp³-hybridized carbons (Fsp3) is 0.909. The van der Waals surface area contributed by atoms with Crippen LogP contribution in [0.3, 0.4) is 0 Å². The number of halogens is 1. The maximum atomic E-state index is 11.5. The summed E-state index contributed by atoms with van der Waals surface area (Å²) in [6.07, 6.45) is 1.56. The van der Waals surface area contributed by atoms with Crippen molar-refractivity contribution < 1.29 is 26.9 Å². The highest BCUT2D eigenvalue weighted by molar-refractivity contribution is 7.87. The molecule has 6 nitrogen and oxygen atoms in total. The van der Waals surface area contributed by atoms with Crippen molar-refractivity contribution in [2.45, 2.75) is 44.8 Å². The number of ether oxygens (including phenoxy) is 2. The lowest BCUT2D eigenvalue weighted by atomic mass is 9.90. The first kappa shape index (κ1) is 16.7. The van der Waals surface area contributed by atoms with Crippen molar-refractivity contribution in [1.82, 2.24) is 0 Å². The second-order valence-corrected chi connectivity index (χ2v) is 6.85. The minimum atomic E-state index is -3.86. The van der Waals surface area contributed by atoms with Crippen molar-refractivity contribution in [1.29, 1.82) is 0 Å². The van der Waals surface area contributed by atoms with Crippen LogP contribution in [0.2, 0.25) is 0 Å². The van der Waals surface area contributed by atoms with Gasteiger partial charge in [0.05, 0.1) is 5.60 Å². The molecule has 1 aliphatic rings. The molecular formula is C11H19ClO6S. The summed E-state index contributed by atoms with van der Waals surface area (Å²) in [5.41, 5.74) is -0.799. The number of alkyl halides is 1. The quantitative estimate of drug-likeness (QED) is 0.419. The van der Waals surface area contributed by atoms with E-state index in [0.29, 0.717) is 13.0 Å². The molecule has 1 fully saturated rings. The van der Waals surface area contributed by atoms with Crippen LogP contribution in [0.1, 0.15) is 33.1 Å². The van der Waals surface area contributed by atoms with E-state index in [-0.39, 0.29) is 6.61 Å². The molecule has 0 aliphatic carbocycles. The molecule has 0 amide bonds. The molecule has 0 unspecified atom stereocenters. The van der Waals surface area contributed by atoms with Crippen molar-refractivity contribution in [2.24, 2.45) is 0 Å². The van der Waals surface area contributed by atoms with Gasteiger partial charge in [0.2, 0.25) is 0 Å².